The van der Waals surface area contributed by atoms with Crippen molar-refractivity contribution in [2.75, 3.05) is 0 Å². The topological polar surface area (TPSA) is 17.1 Å². The quantitative estimate of drug-likeness (QED) is 0.446. The number of ketones is 1. The summed E-state index contributed by atoms with van der Waals surface area (Å²) in [6, 6.07) is 5.02. The van der Waals surface area contributed by atoms with Gasteiger partial charge in [0, 0.05) is 12.0 Å². The lowest BCUT2D eigenvalue weighted by Gasteiger charge is -2.11. The molecule has 0 aliphatic heterocycles. The van der Waals surface area contributed by atoms with Crippen LogP contribution in [0.1, 0.15) is 67.8 Å². The molecule has 1 aromatic rings. The lowest BCUT2D eigenvalue weighted by molar-refractivity contribution is -0.137. The van der Waals surface area contributed by atoms with Crippen LogP contribution in [-0.2, 0) is 6.18 Å². The van der Waals surface area contributed by atoms with Crippen LogP contribution in [0.5, 0.6) is 0 Å². The molecule has 4 heteroatoms. The maximum atomic E-state index is 12.8. The average molecular weight is 286 g/mol. The Morgan fingerprint density at radius 1 is 1.00 bits per heavy atom. The summed E-state index contributed by atoms with van der Waals surface area (Å²) >= 11 is 0. The molecule has 0 aliphatic rings. The summed E-state index contributed by atoms with van der Waals surface area (Å²) in [6.07, 6.45) is 1.79. The Balaban J connectivity index is 2.52. The van der Waals surface area contributed by atoms with Gasteiger partial charge >= 0.3 is 6.18 Å². The highest BCUT2D eigenvalue weighted by Gasteiger charge is 2.34. The maximum absolute atomic E-state index is 12.8. The number of carbonyl (C=O) groups excluding carboxylic acids is 1. The number of benzene rings is 1. The van der Waals surface area contributed by atoms with Gasteiger partial charge in [-0.15, -0.1) is 0 Å². The predicted octanol–water partition coefficient (Wildman–Crippen LogP) is 5.64. The van der Waals surface area contributed by atoms with Gasteiger partial charge in [0.2, 0.25) is 0 Å². The van der Waals surface area contributed by atoms with Crippen LogP contribution in [0.2, 0.25) is 0 Å². The molecule has 20 heavy (non-hydrogen) atoms. The molecule has 0 aliphatic carbocycles. The molecule has 0 bridgehead atoms. The first-order valence-electron chi connectivity index (χ1n) is 7.16. The molecule has 0 amide bonds. The number of hydrogen-bond donors (Lipinski definition) is 0. The molecule has 0 N–H and O–H groups in total. The molecular formula is C16H21F3O. The summed E-state index contributed by atoms with van der Waals surface area (Å²) in [5.41, 5.74) is -1.02. The number of hydrogen-bond acceptors (Lipinski definition) is 1. The number of Topliss-reactive ketones (excluding diaryl/α,β-unsaturated/α-hetero) is 1. The van der Waals surface area contributed by atoms with Crippen molar-refractivity contribution in [3.05, 3.63) is 35.4 Å². The standard InChI is InChI=1S/C16H21F3O/c1-2-3-4-5-6-7-12-15(20)13-10-8-9-11-14(13)16(17,18)19/h8-11H,2-7,12H2,1H3. The third-order valence-electron chi connectivity index (χ3n) is 3.29. The summed E-state index contributed by atoms with van der Waals surface area (Å²) < 4.78 is 38.4. The lowest BCUT2D eigenvalue weighted by Crippen LogP contribution is -2.12. The number of rotatable bonds is 8. The monoisotopic (exact) mass is 286 g/mol. The van der Waals surface area contributed by atoms with E-state index in [9.17, 15) is 18.0 Å². The van der Waals surface area contributed by atoms with Crippen LogP contribution in [-0.4, -0.2) is 5.78 Å². The molecule has 0 radical (unpaired) electrons. The highest BCUT2D eigenvalue weighted by molar-refractivity contribution is 5.97. The maximum Gasteiger partial charge on any atom is 0.417 e. The zero-order valence-corrected chi connectivity index (χ0v) is 11.8. The van der Waals surface area contributed by atoms with Crippen LogP contribution in [0.4, 0.5) is 13.2 Å². The summed E-state index contributed by atoms with van der Waals surface area (Å²) in [7, 11) is 0. The number of alkyl halides is 3. The Morgan fingerprint density at radius 3 is 2.25 bits per heavy atom. The number of halogens is 3. The normalized spacial score (nSPS) is 11.6. The summed E-state index contributed by atoms with van der Waals surface area (Å²) in [4.78, 5) is 11.9. The van der Waals surface area contributed by atoms with Crippen molar-refractivity contribution in [2.24, 2.45) is 0 Å². The van der Waals surface area contributed by atoms with Crippen molar-refractivity contribution in [3.63, 3.8) is 0 Å². The van der Waals surface area contributed by atoms with Crippen LogP contribution >= 0.6 is 0 Å². The predicted molar refractivity (Wildman–Crippen MR) is 73.8 cm³/mol. The van der Waals surface area contributed by atoms with Crippen molar-refractivity contribution in [1.29, 1.82) is 0 Å². The first-order chi connectivity index (χ1) is 9.46. The molecule has 0 spiro atoms. The van der Waals surface area contributed by atoms with E-state index in [0.717, 1.165) is 31.7 Å². The Labute approximate surface area is 118 Å². The Morgan fingerprint density at radius 2 is 1.60 bits per heavy atom. The van der Waals surface area contributed by atoms with Gasteiger partial charge in [-0.25, -0.2) is 0 Å². The second kappa shape index (κ2) is 8.08. The van der Waals surface area contributed by atoms with E-state index in [1.807, 2.05) is 0 Å². The Kier molecular flexibility index (Phi) is 6.76. The van der Waals surface area contributed by atoms with Crippen LogP contribution in [0.25, 0.3) is 0 Å². The molecule has 112 valence electrons. The Hall–Kier alpha value is -1.32. The minimum Gasteiger partial charge on any atom is -0.294 e. The molecule has 0 atom stereocenters. The molecule has 0 aromatic heterocycles. The fraction of sp³-hybridized carbons (Fsp3) is 0.562. The van der Waals surface area contributed by atoms with E-state index in [0.29, 0.717) is 6.42 Å². The van der Waals surface area contributed by atoms with E-state index >= 15 is 0 Å². The molecule has 0 unspecified atom stereocenters. The zero-order chi connectivity index (χ0) is 15.0. The fourth-order valence-electron chi connectivity index (χ4n) is 2.17. The van der Waals surface area contributed by atoms with Gasteiger partial charge in [0.25, 0.3) is 0 Å². The molecule has 0 saturated carbocycles. The van der Waals surface area contributed by atoms with Gasteiger partial charge in [0.15, 0.2) is 5.78 Å². The highest BCUT2D eigenvalue weighted by Crippen LogP contribution is 2.32. The van der Waals surface area contributed by atoms with E-state index in [-0.39, 0.29) is 12.0 Å². The van der Waals surface area contributed by atoms with Crippen molar-refractivity contribution >= 4 is 5.78 Å². The van der Waals surface area contributed by atoms with E-state index in [1.165, 1.54) is 24.6 Å². The second-order valence-corrected chi connectivity index (χ2v) is 4.98. The minimum absolute atomic E-state index is 0.194. The molecule has 0 heterocycles. The van der Waals surface area contributed by atoms with Crippen molar-refractivity contribution < 1.29 is 18.0 Å². The van der Waals surface area contributed by atoms with Crippen LogP contribution in [0, 0.1) is 0 Å². The number of unbranched alkanes of at least 4 members (excludes halogenated alkanes) is 5. The van der Waals surface area contributed by atoms with E-state index in [4.69, 9.17) is 0 Å². The fourth-order valence-corrected chi connectivity index (χ4v) is 2.17. The summed E-state index contributed by atoms with van der Waals surface area (Å²) in [6.45, 7) is 2.12. The first kappa shape index (κ1) is 16.7. The van der Waals surface area contributed by atoms with Crippen LogP contribution in [0.15, 0.2) is 24.3 Å². The van der Waals surface area contributed by atoms with E-state index in [2.05, 4.69) is 6.92 Å². The van der Waals surface area contributed by atoms with Gasteiger partial charge in [-0.1, -0.05) is 57.2 Å². The summed E-state index contributed by atoms with van der Waals surface area (Å²) in [5.74, 6) is -0.409. The largest absolute Gasteiger partial charge is 0.417 e. The molecule has 0 fully saturated rings. The van der Waals surface area contributed by atoms with Gasteiger partial charge in [0.05, 0.1) is 5.56 Å². The molecule has 1 rings (SSSR count). The van der Waals surface area contributed by atoms with Crippen LogP contribution < -0.4 is 0 Å². The molecule has 0 saturated heterocycles. The third-order valence-corrected chi connectivity index (χ3v) is 3.29. The van der Waals surface area contributed by atoms with Crippen molar-refractivity contribution in [3.8, 4) is 0 Å². The van der Waals surface area contributed by atoms with Gasteiger partial charge in [-0.05, 0) is 12.5 Å². The first-order valence-corrected chi connectivity index (χ1v) is 7.16. The van der Waals surface area contributed by atoms with Crippen molar-refractivity contribution in [2.45, 2.75) is 58.0 Å². The van der Waals surface area contributed by atoms with Gasteiger partial charge in [0.1, 0.15) is 0 Å². The zero-order valence-electron chi connectivity index (χ0n) is 11.8. The lowest BCUT2D eigenvalue weighted by atomic mass is 9.99. The summed E-state index contributed by atoms with van der Waals surface area (Å²) in [5, 5.41) is 0. The third kappa shape index (κ3) is 5.35. The van der Waals surface area contributed by atoms with E-state index in [1.54, 1.807) is 0 Å². The average Bonchev–Trinajstić information content (AvgIpc) is 2.41. The van der Waals surface area contributed by atoms with Gasteiger partial charge < -0.3 is 0 Å². The van der Waals surface area contributed by atoms with E-state index < -0.39 is 17.5 Å². The SMILES string of the molecule is CCCCCCCCC(=O)c1ccccc1C(F)(F)F. The molecule has 1 aromatic carbocycles. The second-order valence-electron chi connectivity index (χ2n) is 4.98. The Bertz CT molecular complexity index is 424. The molecular weight excluding hydrogens is 265 g/mol. The van der Waals surface area contributed by atoms with Crippen molar-refractivity contribution in [1.82, 2.24) is 0 Å². The van der Waals surface area contributed by atoms with Crippen LogP contribution in [0.3, 0.4) is 0 Å². The van der Waals surface area contributed by atoms with Gasteiger partial charge in [-0.3, -0.25) is 4.79 Å². The molecule has 1 nitrogen and oxygen atoms in total. The van der Waals surface area contributed by atoms with Gasteiger partial charge in [-0.2, -0.15) is 13.2 Å². The number of carbonyl (C=O) groups is 1. The minimum atomic E-state index is -4.46. The smallest absolute Gasteiger partial charge is 0.294 e. The highest BCUT2D eigenvalue weighted by atomic mass is 19.4.